The molecule has 4 aliphatic carbocycles. The molecule has 0 radical (unpaired) electrons. The minimum absolute atomic E-state index is 0.443. The van der Waals surface area contributed by atoms with Crippen LogP contribution >= 0.6 is 0 Å². The van der Waals surface area contributed by atoms with Gasteiger partial charge in [0.25, 0.3) is 0 Å². The van der Waals surface area contributed by atoms with Crippen LogP contribution in [0.1, 0.15) is 91.9 Å². The van der Waals surface area contributed by atoms with Crippen molar-refractivity contribution >= 4 is 5.78 Å². The maximum absolute atomic E-state index is 12.2. The molecule has 29 heavy (non-hydrogen) atoms. The van der Waals surface area contributed by atoms with Crippen LogP contribution in [-0.2, 0) is 4.79 Å². The molecular weight excluding hydrogens is 354 g/mol. The van der Waals surface area contributed by atoms with E-state index in [4.69, 9.17) is 0 Å². The van der Waals surface area contributed by atoms with E-state index < -0.39 is 0 Å². The average molecular weight is 396 g/mol. The van der Waals surface area contributed by atoms with Crippen LogP contribution in [-0.4, -0.2) is 23.3 Å². The van der Waals surface area contributed by atoms with Crippen LogP contribution in [0.4, 0.5) is 0 Å². The third kappa shape index (κ3) is 2.38. The van der Waals surface area contributed by atoms with Crippen LogP contribution in [0, 0.1) is 46.3 Å². The molecule has 6 rings (SSSR count). The van der Waals surface area contributed by atoms with Crippen LogP contribution in [0.15, 0.2) is 11.3 Å². The van der Waals surface area contributed by atoms with Gasteiger partial charge < -0.3 is 4.90 Å². The van der Waals surface area contributed by atoms with E-state index in [-0.39, 0.29) is 0 Å². The molecule has 6 aliphatic rings. The SMILES string of the molecule is CC1CCC2C(C)C3=C(CC4C5CCC6CC(=O)CCC6(C)C5CCC34C)N2C1. The summed E-state index contributed by atoms with van der Waals surface area (Å²) in [6.45, 7) is 11.6. The molecule has 2 nitrogen and oxygen atoms in total. The van der Waals surface area contributed by atoms with Crippen molar-refractivity contribution in [2.45, 2.75) is 97.9 Å². The number of hydrogen-bond donors (Lipinski definition) is 0. The predicted octanol–water partition coefficient (Wildman–Crippen LogP) is 6.21. The van der Waals surface area contributed by atoms with Crippen LogP contribution in [0.5, 0.6) is 0 Å². The van der Waals surface area contributed by atoms with E-state index >= 15 is 0 Å². The van der Waals surface area contributed by atoms with Gasteiger partial charge in [-0.3, -0.25) is 4.79 Å². The summed E-state index contributed by atoms with van der Waals surface area (Å²) in [6, 6.07) is 0.810. The molecule has 0 aromatic carbocycles. The number of fused-ring (bicyclic) bond motifs is 8. The van der Waals surface area contributed by atoms with Gasteiger partial charge in [0.15, 0.2) is 0 Å². The first-order chi connectivity index (χ1) is 13.8. The Kier molecular flexibility index (Phi) is 4.00. The van der Waals surface area contributed by atoms with E-state index in [0.29, 0.717) is 22.5 Å². The standard InChI is InChI=1S/C27H41NO/c1-16-5-8-23-17(2)25-24(28(23)15-16)14-22-20-7-6-18-13-19(29)9-11-26(18,3)21(20)10-12-27(22,25)4/h16-18,20-23H,5-15H2,1-4H3. The van der Waals surface area contributed by atoms with E-state index in [2.05, 4.69) is 32.6 Å². The van der Waals surface area contributed by atoms with Crippen molar-refractivity contribution in [3.05, 3.63) is 11.3 Å². The van der Waals surface area contributed by atoms with Crippen LogP contribution in [0.25, 0.3) is 0 Å². The van der Waals surface area contributed by atoms with Gasteiger partial charge in [-0.05, 0) is 103 Å². The van der Waals surface area contributed by atoms with E-state index in [1.54, 1.807) is 0 Å². The lowest BCUT2D eigenvalue weighted by atomic mass is 9.44. The first-order valence-electron chi connectivity index (χ1n) is 12.8. The number of rotatable bonds is 0. The maximum atomic E-state index is 12.2. The molecule has 2 aliphatic heterocycles. The second-order valence-electron chi connectivity index (χ2n) is 12.6. The highest BCUT2D eigenvalue weighted by Crippen LogP contribution is 2.69. The number of ketones is 1. The lowest BCUT2D eigenvalue weighted by Crippen LogP contribution is -2.54. The Labute approximate surface area is 177 Å². The highest BCUT2D eigenvalue weighted by atomic mass is 16.1. The number of carbonyl (C=O) groups excluding carboxylic acids is 1. The second kappa shape index (κ2) is 6.13. The molecule has 9 unspecified atom stereocenters. The molecule has 3 saturated carbocycles. The summed E-state index contributed by atoms with van der Waals surface area (Å²) in [5.41, 5.74) is 4.63. The van der Waals surface area contributed by atoms with Crippen LogP contribution in [0.2, 0.25) is 0 Å². The fourth-order valence-corrected chi connectivity index (χ4v) is 9.98. The van der Waals surface area contributed by atoms with Gasteiger partial charge in [-0.1, -0.05) is 27.7 Å². The number of hydrogen-bond acceptors (Lipinski definition) is 2. The summed E-state index contributed by atoms with van der Waals surface area (Å²) in [5, 5.41) is 0. The molecule has 160 valence electrons. The van der Waals surface area contributed by atoms with Gasteiger partial charge in [-0.15, -0.1) is 0 Å². The summed E-state index contributed by atoms with van der Waals surface area (Å²) in [6.07, 6.45) is 12.7. The van der Waals surface area contributed by atoms with E-state index in [1.807, 2.05) is 11.3 Å². The molecule has 4 fully saturated rings. The summed E-state index contributed by atoms with van der Waals surface area (Å²) < 4.78 is 0. The predicted molar refractivity (Wildman–Crippen MR) is 117 cm³/mol. The van der Waals surface area contributed by atoms with Gasteiger partial charge in [0.05, 0.1) is 0 Å². The molecule has 1 saturated heterocycles. The van der Waals surface area contributed by atoms with E-state index in [9.17, 15) is 4.79 Å². The summed E-state index contributed by atoms with van der Waals surface area (Å²) in [4.78, 5) is 15.1. The third-order valence-corrected chi connectivity index (χ3v) is 11.5. The zero-order valence-corrected chi connectivity index (χ0v) is 19.2. The van der Waals surface area contributed by atoms with Crippen molar-refractivity contribution in [1.29, 1.82) is 0 Å². The van der Waals surface area contributed by atoms with Crippen molar-refractivity contribution in [3.63, 3.8) is 0 Å². The first-order valence-corrected chi connectivity index (χ1v) is 12.8. The van der Waals surface area contributed by atoms with Crippen molar-refractivity contribution in [1.82, 2.24) is 4.90 Å². The molecule has 2 heterocycles. The Balaban J connectivity index is 1.32. The lowest BCUT2D eigenvalue weighted by Gasteiger charge is -2.60. The zero-order valence-electron chi connectivity index (χ0n) is 19.2. The van der Waals surface area contributed by atoms with E-state index in [1.165, 1.54) is 57.9 Å². The van der Waals surface area contributed by atoms with Gasteiger partial charge in [-0.25, -0.2) is 0 Å². The first kappa shape index (κ1) is 18.9. The van der Waals surface area contributed by atoms with E-state index in [0.717, 1.165) is 48.5 Å². The summed E-state index contributed by atoms with van der Waals surface area (Å²) in [5.74, 6) is 5.53. The molecule has 2 heteroatoms. The topological polar surface area (TPSA) is 20.3 Å². The number of nitrogens with zero attached hydrogens (tertiary/aromatic N) is 1. The van der Waals surface area contributed by atoms with Crippen molar-refractivity contribution in [2.24, 2.45) is 46.3 Å². The molecule has 0 aromatic heterocycles. The van der Waals surface area contributed by atoms with Gasteiger partial charge in [0.1, 0.15) is 5.78 Å². The van der Waals surface area contributed by atoms with Crippen LogP contribution in [0.3, 0.4) is 0 Å². The molecule has 0 amide bonds. The fraction of sp³-hybridized carbons (Fsp3) is 0.889. The summed E-state index contributed by atoms with van der Waals surface area (Å²) >= 11 is 0. The number of piperidine rings is 1. The number of allylic oxidation sites excluding steroid dienone is 1. The quantitative estimate of drug-likeness (QED) is 0.486. The molecular formula is C27H41NO. The minimum Gasteiger partial charge on any atom is -0.371 e. The van der Waals surface area contributed by atoms with Gasteiger partial charge in [0, 0.05) is 31.1 Å². The molecule has 0 spiro atoms. The minimum atomic E-state index is 0.443. The molecule has 0 aromatic rings. The molecule has 0 bridgehead atoms. The summed E-state index contributed by atoms with van der Waals surface area (Å²) in [7, 11) is 0. The third-order valence-electron chi connectivity index (χ3n) is 11.5. The van der Waals surface area contributed by atoms with Gasteiger partial charge in [-0.2, -0.15) is 0 Å². The lowest BCUT2D eigenvalue weighted by molar-refractivity contribution is -0.137. The van der Waals surface area contributed by atoms with Crippen molar-refractivity contribution in [2.75, 3.05) is 6.54 Å². The van der Waals surface area contributed by atoms with Crippen molar-refractivity contribution < 1.29 is 4.79 Å². The van der Waals surface area contributed by atoms with Gasteiger partial charge >= 0.3 is 0 Å². The van der Waals surface area contributed by atoms with Crippen LogP contribution < -0.4 is 0 Å². The van der Waals surface area contributed by atoms with Gasteiger partial charge in [0.2, 0.25) is 0 Å². The Hall–Kier alpha value is -0.790. The highest BCUT2D eigenvalue weighted by Gasteiger charge is 2.62. The number of carbonyl (C=O) groups is 1. The monoisotopic (exact) mass is 395 g/mol. The molecule has 0 N–H and O–H groups in total. The number of Topliss-reactive ketones (excluding diaryl/α,β-unsaturated/α-hetero) is 1. The maximum Gasteiger partial charge on any atom is 0.133 e. The normalized spacial score (nSPS) is 53.9. The molecule has 9 atom stereocenters. The van der Waals surface area contributed by atoms with Crippen molar-refractivity contribution in [3.8, 4) is 0 Å². The fourth-order valence-electron chi connectivity index (χ4n) is 9.98. The Bertz CT molecular complexity index is 768. The highest BCUT2D eigenvalue weighted by molar-refractivity contribution is 5.79. The zero-order chi connectivity index (χ0) is 20.1. The Morgan fingerprint density at radius 1 is 0.931 bits per heavy atom. The second-order valence-corrected chi connectivity index (χ2v) is 12.6. The average Bonchev–Trinajstić information content (AvgIpc) is 3.15. The Morgan fingerprint density at radius 3 is 2.59 bits per heavy atom. The Morgan fingerprint density at radius 2 is 1.76 bits per heavy atom. The largest absolute Gasteiger partial charge is 0.371 e. The smallest absolute Gasteiger partial charge is 0.133 e.